The molecule has 218 valence electrons. The van der Waals surface area contributed by atoms with Crippen LogP contribution in [0.2, 0.25) is 6.32 Å². The average molecular weight is 580 g/mol. The Bertz CT molecular complexity index is 1510. The van der Waals surface area contributed by atoms with Gasteiger partial charge in [0.25, 0.3) is 0 Å². The molecule has 5 nitrogen and oxygen atoms in total. The Morgan fingerprint density at radius 2 is 0.864 bits per heavy atom. The quantitative estimate of drug-likeness (QED) is 0.164. The maximum absolute atomic E-state index is 6.86. The van der Waals surface area contributed by atoms with Gasteiger partial charge in [-0.3, -0.25) is 0 Å². The Labute approximate surface area is 260 Å². The summed E-state index contributed by atoms with van der Waals surface area (Å²) in [6.45, 7) is 0. The molecule has 5 atom stereocenters. The molecule has 0 aromatic heterocycles. The van der Waals surface area contributed by atoms with Gasteiger partial charge in [-0.15, -0.1) is 0 Å². The highest BCUT2D eigenvalue weighted by Gasteiger charge is 2.50. The summed E-state index contributed by atoms with van der Waals surface area (Å²) in [5, 5.41) is 0. The maximum Gasteiger partial charge on any atom is 0.465 e. The highest BCUT2D eigenvalue weighted by Crippen LogP contribution is 2.48. The Hall–Kier alpha value is -4.13. The van der Waals surface area contributed by atoms with E-state index in [1.165, 1.54) is 0 Å². The van der Waals surface area contributed by atoms with Crippen molar-refractivity contribution in [2.75, 3.05) is 7.11 Å². The average Bonchev–Trinajstić information content (AvgIpc) is 3.74. The van der Waals surface area contributed by atoms with Crippen LogP contribution in [0.3, 0.4) is 0 Å². The summed E-state index contributed by atoms with van der Waals surface area (Å²) in [5.41, 5.74) is 5.42. The van der Waals surface area contributed by atoms with E-state index >= 15 is 0 Å². The first-order chi connectivity index (χ1) is 21.8. The smallest absolute Gasteiger partial charge is 0.465 e. The summed E-state index contributed by atoms with van der Waals surface area (Å²) in [6.07, 6.45) is -0.445. The molecule has 5 aromatic rings. The lowest BCUT2D eigenvalue weighted by Crippen LogP contribution is -2.31. The fourth-order valence-corrected chi connectivity index (χ4v) is 6.31. The zero-order valence-electron chi connectivity index (χ0n) is 24.6. The molecule has 2 saturated heterocycles. The van der Waals surface area contributed by atoms with E-state index in [9.17, 15) is 0 Å². The van der Waals surface area contributed by atoms with Crippen molar-refractivity contribution < 1.29 is 23.4 Å². The minimum absolute atomic E-state index is 0.170. The minimum atomic E-state index is -0.531. The lowest BCUT2D eigenvalue weighted by Gasteiger charge is -2.21. The monoisotopic (exact) mass is 580 g/mol. The molecule has 0 radical (unpaired) electrons. The van der Waals surface area contributed by atoms with Crippen molar-refractivity contribution in [1.29, 1.82) is 0 Å². The summed E-state index contributed by atoms with van der Waals surface area (Å²) in [5.74, 6) is 0.628. The number of hydrogen-bond donors (Lipinski definition) is 0. The van der Waals surface area contributed by atoms with Gasteiger partial charge in [0, 0.05) is 5.82 Å². The molecular formula is C37H34B2O5. The molecular weight excluding hydrogens is 546 g/mol. The summed E-state index contributed by atoms with van der Waals surface area (Å²) in [6, 6.07) is 49.4. The third-order valence-corrected chi connectivity index (χ3v) is 8.54. The minimum Gasteiger partial charge on any atom is -0.497 e. The molecule has 7 rings (SSSR count). The predicted octanol–water partition coefficient (Wildman–Crippen LogP) is 8.35. The molecule has 7 heteroatoms. The lowest BCUT2D eigenvalue weighted by molar-refractivity contribution is 0.159. The van der Waals surface area contributed by atoms with E-state index in [0.29, 0.717) is 6.32 Å². The summed E-state index contributed by atoms with van der Waals surface area (Å²) < 4.78 is 32.7. The lowest BCUT2D eigenvalue weighted by atomic mass is 9.58. The van der Waals surface area contributed by atoms with Crippen LogP contribution in [0.5, 0.6) is 5.75 Å². The van der Waals surface area contributed by atoms with E-state index in [4.69, 9.17) is 23.4 Å². The molecule has 0 N–H and O–H groups in total. The van der Waals surface area contributed by atoms with Crippen molar-refractivity contribution >= 4 is 14.2 Å². The van der Waals surface area contributed by atoms with Crippen molar-refractivity contribution in [2.45, 2.75) is 36.6 Å². The molecule has 2 aliphatic heterocycles. The van der Waals surface area contributed by atoms with Crippen molar-refractivity contribution in [2.24, 2.45) is 0 Å². The van der Waals surface area contributed by atoms with Crippen LogP contribution in [-0.2, 0) is 18.6 Å². The Balaban J connectivity index is 1.22. The Morgan fingerprint density at radius 1 is 0.500 bits per heavy atom. The summed E-state index contributed by atoms with van der Waals surface area (Å²) >= 11 is 0. The Morgan fingerprint density at radius 3 is 1.23 bits per heavy atom. The zero-order valence-corrected chi connectivity index (χ0v) is 24.6. The van der Waals surface area contributed by atoms with Crippen LogP contribution < -0.4 is 4.74 Å². The van der Waals surface area contributed by atoms with E-state index < -0.39 is 14.2 Å². The van der Waals surface area contributed by atoms with Crippen LogP contribution in [-0.4, -0.2) is 21.3 Å². The molecule has 0 saturated carbocycles. The van der Waals surface area contributed by atoms with Crippen LogP contribution >= 0.6 is 0 Å². The van der Waals surface area contributed by atoms with Gasteiger partial charge in [-0.25, -0.2) is 0 Å². The van der Waals surface area contributed by atoms with Crippen LogP contribution in [0.25, 0.3) is 0 Å². The molecule has 5 aromatic carbocycles. The fourth-order valence-electron chi connectivity index (χ4n) is 6.31. The van der Waals surface area contributed by atoms with E-state index in [0.717, 1.165) is 33.6 Å². The Kier molecular flexibility index (Phi) is 8.62. The van der Waals surface area contributed by atoms with Gasteiger partial charge >= 0.3 is 14.2 Å². The highest BCUT2D eigenvalue weighted by atomic mass is 16.7. The van der Waals surface area contributed by atoms with Gasteiger partial charge in [0.05, 0.1) is 31.5 Å². The topological polar surface area (TPSA) is 46.2 Å². The number of rotatable bonds is 9. The zero-order chi connectivity index (χ0) is 29.7. The molecule has 2 fully saturated rings. The van der Waals surface area contributed by atoms with Gasteiger partial charge in [-0.2, -0.15) is 0 Å². The second-order valence-corrected chi connectivity index (χ2v) is 11.3. The number of benzene rings is 5. The molecule has 0 unspecified atom stereocenters. The molecule has 0 aliphatic carbocycles. The van der Waals surface area contributed by atoms with E-state index in [1.54, 1.807) is 7.11 Å². The van der Waals surface area contributed by atoms with Gasteiger partial charge < -0.3 is 23.4 Å². The summed E-state index contributed by atoms with van der Waals surface area (Å²) in [4.78, 5) is 0. The van der Waals surface area contributed by atoms with Crippen molar-refractivity contribution in [3.63, 3.8) is 0 Å². The fraction of sp³-hybridized carbons (Fsp3) is 0.189. The molecule has 0 bridgehead atoms. The van der Waals surface area contributed by atoms with Gasteiger partial charge in [0.1, 0.15) is 5.75 Å². The normalized spacial score (nSPS) is 22.2. The van der Waals surface area contributed by atoms with Crippen LogP contribution in [0.15, 0.2) is 146 Å². The van der Waals surface area contributed by atoms with Crippen LogP contribution in [0.4, 0.5) is 0 Å². The van der Waals surface area contributed by atoms with Crippen molar-refractivity contribution in [3.8, 4) is 5.75 Å². The van der Waals surface area contributed by atoms with Crippen molar-refractivity contribution in [1.82, 2.24) is 0 Å². The SMILES string of the molecule is COc1ccc([C@H](CB2O[C@H](c3ccccc3)[C@@H](c3ccccc3)O2)B2O[C@H](c3ccccc3)[C@@H](c3ccccc3)O2)cc1. The third-order valence-electron chi connectivity index (χ3n) is 8.54. The van der Waals surface area contributed by atoms with E-state index in [2.05, 4.69) is 60.7 Å². The molecule has 2 aliphatic rings. The van der Waals surface area contributed by atoms with Crippen LogP contribution in [0, 0.1) is 0 Å². The van der Waals surface area contributed by atoms with E-state index in [-0.39, 0.29) is 30.2 Å². The molecule has 0 spiro atoms. The molecule has 0 amide bonds. The molecule has 44 heavy (non-hydrogen) atoms. The highest BCUT2D eigenvalue weighted by molar-refractivity contribution is 6.53. The third kappa shape index (κ3) is 6.10. The first-order valence-corrected chi connectivity index (χ1v) is 15.2. The van der Waals surface area contributed by atoms with Gasteiger partial charge in [0.15, 0.2) is 0 Å². The van der Waals surface area contributed by atoms with Gasteiger partial charge in [-0.1, -0.05) is 133 Å². The van der Waals surface area contributed by atoms with Gasteiger partial charge in [-0.05, 0) is 46.3 Å². The van der Waals surface area contributed by atoms with Crippen LogP contribution in [0.1, 0.15) is 58.1 Å². The van der Waals surface area contributed by atoms with Crippen molar-refractivity contribution in [3.05, 3.63) is 173 Å². The molecule has 2 heterocycles. The number of methoxy groups -OCH3 is 1. The first-order valence-electron chi connectivity index (χ1n) is 15.2. The predicted molar refractivity (Wildman–Crippen MR) is 173 cm³/mol. The second-order valence-electron chi connectivity index (χ2n) is 11.3. The standard InChI is InChI=1S/C37H34B2O5/c1-40-32-24-22-27(23-25-32)33(39-43-36(30-18-10-4-11-19-30)37(44-39)31-20-12-5-13-21-31)26-38-41-34(28-14-6-2-7-15-28)35(42-38)29-16-8-3-9-17-29/h2-25,33-37H,26H2,1H3/t33-,34+,35+,36+,37+/m0/s1. The summed E-state index contributed by atoms with van der Waals surface area (Å²) in [7, 11) is 0.672. The maximum atomic E-state index is 6.86. The first kappa shape index (κ1) is 28.6. The number of hydrogen-bond acceptors (Lipinski definition) is 5. The largest absolute Gasteiger partial charge is 0.497 e. The second kappa shape index (κ2) is 13.2. The van der Waals surface area contributed by atoms with E-state index in [1.807, 2.05) is 84.9 Å². The van der Waals surface area contributed by atoms with Gasteiger partial charge in [0.2, 0.25) is 0 Å². The number of ether oxygens (including phenoxy) is 1.